The molecule has 26 heavy (non-hydrogen) atoms. The van der Waals surface area contributed by atoms with E-state index in [1.165, 1.54) is 12.1 Å². The van der Waals surface area contributed by atoms with Gasteiger partial charge in [0, 0.05) is 24.7 Å². The summed E-state index contributed by atoms with van der Waals surface area (Å²) in [5.41, 5.74) is 4.31. The molecule has 0 saturated carbocycles. The average molecular weight is 352 g/mol. The molecule has 0 atom stereocenters. The second-order valence-electron chi connectivity index (χ2n) is 6.07. The third-order valence-electron chi connectivity index (χ3n) is 4.06. The third kappa shape index (κ3) is 4.14. The number of nitrogens with zero attached hydrogens (tertiary/aromatic N) is 3. The van der Waals surface area contributed by atoms with Crippen LogP contribution in [0.5, 0.6) is 0 Å². The van der Waals surface area contributed by atoms with Crippen molar-refractivity contribution in [3.8, 4) is 22.6 Å². The van der Waals surface area contributed by atoms with Gasteiger partial charge in [0.25, 0.3) is 0 Å². The molecule has 2 aromatic heterocycles. The summed E-state index contributed by atoms with van der Waals surface area (Å²) < 4.78 is 15.0. The highest BCUT2D eigenvalue weighted by molar-refractivity contribution is 5.75. The highest BCUT2D eigenvalue weighted by atomic mass is 19.1. The molecule has 0 unspecified atom stereocenters. The van der Waals surface area contributed by atoms with E-state index in [0.29, 0.717) is 19.5 Å². The van der Waals surface area contributed by atoms with Crippen LogP contribution in [0, 0.1) is 12.7 Å². The van der Waals surface area contributed by atoms with Crippen LogP contribution in [0.3, 0.4) is 0 Å². The van der Waals surface area contributed by atoms with Gasteiger partial charge < -0.3 is 5.32 Å². The van der Waals surface area contributed by atoms with Crippen molar-refractivity contribution in [3.05, 3.63) is 60.0 Å². The number of halogens is 1. The second-order valence-corrected chi connectivity index (χ2v) is 6.07. The normalized spacial score (nSPS) is 10.7. The summed E-state index contributed by atoms with van der Waals surface area (Å²) in [4.78, 5) is 15.9. The number of hydrogen-bond acceptors (Lipinski definition) is 3. The standard InChI is InChI=1S/C20H21FN4O/c1-3-20(26)22-10-11-25-19(17-9-4-14(2)13-23-17)12-18(24-25)15-5-7-16(21)8-6-15/h4-9,12-13H,3,10-11H2,1-2H3,(H,22,26). The maximum absolute atomic E-state index is 13.2. The van der Waals surface area contributed by atoms with E-state index in [9.17, 15) is 9.18 Å². The molecule has 0 radical (unpaired) electrons. The van der Waals surface area contributed by atoms with Crippen molar-refractivity contribution < 1.29 is 9.18 Å². The van der Waals surface area contributed by atoms with Gasteiger partial charge in [-0.25, -0.2) is 4.39 Å². The zero-order valence-corrected chi connectivity index (χ0v) is 14.9. The number of benzene rings is 1. The minimum atomic E-state index is -0.282. The predicted molar refractivity (Wildman–Crippen MR) is 98.9 cm³/mol. The van der Waals surface area contributed by atoms with Crippen LogP contribution >= 0.6 is 0 Å². The summed E-state index contributed by atoms with van der Waals surface area (Å²) >= 11 is 0. The van der Waals surface area contributed by atoms with Crippen LogP contribution < -0.4 is 5.32 Å². The molecule has 6 heteroatoms. The van der Waals surface area contributed by atoms with E-state index in [0.717, 1.165) is 28.2 Å². The second kappa shape index (κ2) is 7.91. The number of aromatic nitrogens is 3. The Labute approximate surface area is 151 Å². The van der Waals surface area contributed by atoms with Gasteiger partial charge in [-0.05, 0) is 48.9 Å². The maximum Gasteiger partial charge on any atom is 0.219 e. The lowest BCUT2D eigenvalue weighted by atomic mass is 10.1. The predicted octanol–water partition coefficient (Wildman–Crippen LogP) is 3.59. The lowest BCUT2D eigenvalue weighted by molar-refractivity contribution is -0.120. The first kappa shape index (κ1) is 17.8. The Hall–Kier alpha value is -3.02. The van der Waals surface area contributed by atoms with E-state index in [-0.39, 0.29) is 11.7 Å². The number of pyridine rings is 1. The molecule has 134 valence electrons. The molecule has 0 bridgehead atoms. The Morgan fingerprint density at radius 1 is 1.15 bits per heavy atom. The third-order valence-corrected chi connectivity index (χ3v) is 4.06. The molecule has 0 aliphatic carbocycles. The van der Waals surface area contributed by atoms with E-state index in [1.54, 1.807) is 12.1 Å². The first-order valence-electron chi connectivity index (χ1n) is 8.60. The summed E-state index contributed by atoms with van der Waals surface area (Å²) in [6.07, 6.45) is 2.26. The topological polar surface area (TPSA) is 59.8 Å². The largest absolute Gasteiger partial charge is 0.354 e. The van der Waals surface area contributed by atoms with Crippen molar-refractivity contribution in [2.75, 3.05) is 6.54 Å². The first-order chi connectivity index (χ1) is 12.6. The maximum atomic E-state index is 13.2. The van der Waals surface area contributed by atoms with Crippen LogP contribution in [0.15, 0.2) is 48.7 Å². The van der Waals surface area contributed by atoms with E-state index >= 15 is 0 Å². The van der Waals surface area contributed by atoms with Gasteiger partial charge in [0.15, 0.2) is 0 Å². The molecule has 3 rings (SSSR count). The Morgan fingerprint density at radius 2 is 1.92 bits per heavy atom. The molecule has 2 heterocycles. The van der Waals surface area contributed by atoms with E-state index < -0.39 is 0 Å². The minimum absolute atomic E-state index is 0.00549. The number of amides is 1. The molecule has 3 aromatic rings. The van der Waals surface area contributed by atoms with Crippen LogP contribution in [-0.4, -0.2) is 27.2 Å². The molecule has 1 N–H and O–H groups in total. The Morgan fingerprint density at radius 3 is 2.58 bits per heavy atom. The first-order valence-corrected chi connectivity index (χ1v) is 8.60. The summed E-state index contributed by atoms with van der Waals surface area (Å²) in [6.45, 7) is 4.81. The SMILES string of the molecule is CCC(=O)NCCn1nc(-c2ccc(F)cc2)cc1-c1ccc(C)cn1. The molecular formula is C20H21FN4O. The molecule has 0 aliphatic rings. The van der Waals surface area contributed by atoms with Gasteiger partial charge >= 0.3 is 0 Å². The number of nitrogens with one attached hydrogen (secondary N) is 1. The van der Waals surface area contributed by atoms with Crippen molar-refractivity contribution in [2.45, 2.75) is 26.8 Å². The van der Waals surface area contributed by atoms with Crippen LogP contribution in [0.1, 0.15) is 18.9 Å². The molecule has 1 aromatic carbocycles. The number of hydrogen-bond donors (Lipinski definition) is 1. The van der Waals surface area contributed by atoms with Gasteiger partial charge in [0.05, 0.1) is 23.6 Å². The molecule has 0 saturated heterocycles. The highest BCUT2D eigenvalue weighted by Crippen LogP contribution is 2.25. The fourth-order valence-electron chi connectivity index (χ4n) is 2.60. The van der Waals surface area contributed by atoms with Crippen LogP contribution in [0.2, 0.25) is 0 Å². The zero-order chi connectivity index (χ0) is 18.5. The molecule has 1 amide bonds. The Kier molecular flexibility index (Phi) is 5.41. The number of aryl methyl sites for hydroxylation is 1. The number of carbonyl (C=O) groups is 1. The molecule has 0 aliphatic heterocycles. The number of rotatable bonds is 6. The van der Waals surface area contributed by atoms with Crippen molar-refractivity contribution in [1.29, 1.82) is 0 Å². The summed E-state index contributed by atoms with van der Waals surface area (Å²) in [6, 6.07) is 12.1. The van der Waals surface area contributed by atoms with E-state index in [1.807, 2.05) is 42.9 Å². The Bertz CT molecular complexity index is 885. The van der Waals surface area contributed by atoms with Crippen molar-refractivity contribution >= 4 is 5.91 Å². The van der Waals surface area contributed by atoms with Crippen molar-refractivity contribution in [3.63, 3.8) is 0 Å². The molecule has 0 fully saturated rings. The monoisotopic (exact) mass is 352 g/mol. The van der Waals surface area contributed by atoms with Gasteiger partial charge in [-0.1, -0.05) is 13.0 Å². The van der Waals surface area contributed by atoms with Crippen LogP contribution in [0.4, 0.5) is 4.39 Å². The van der Waals surface area contributed by atoms with Crippen molar-refractivity contribution in [2.24, 2.45) is 0 Å². The quantitative estimate of drug-likeness (QED) is 0.737. The lowest BCUT2D eigenvalue weighted by Gasteiger charge is -2.08. The fraction of sp³-hybridized carbons (Fsp3) is 0.250. The lowest BCUT2D eigenvalue weighted by Crippen LogP contribution is -2.26. The van der Waals surface area contributed by atoms with Gasteiger partial charge in [0.1, 0.15) is 5.82 Å². The Balaban J connectivity index is 1.92. The smallest absolute Gasteiger partial charge is 0.219 e. The summed E-state index contributed by atoms with van der Waals surface area (Å²) in [5, 5.41) is 7.49. The summed E-state index contributed by atoms with van der Waals surface area (Å²) in [5.74, 6) is -0.276. The van der Waals surface area contributed by atoms with Gasteiger partial charge in [-0.3, -0.25) is 14.5 Å². The summed E-state index contributed by atoms with van der Waals surface area (Å²) in [7, 11) is 0. The van der Waals surface area contributed by atoms with Gasteiger partial charge in [0.2, 0.25) is 5.91 Å². The highest BCUT2D eigenvalue weighted by Gasteiger charge is 2.13. The average Bonchev–Trinajstić information content (AvgIpc) is 3.07. The molecule has 5 nitrogen and oxygen atoms in total. The zero-order valence-electron chi connectivity index (χ0n) is 14.9. The fourth-order valence-corrected chi connectivity index (χ4v) is 2.60. The van der Waals surface area contributed by atoms with E-state index in [4.69, 9.17) is 0 Å². The van der Waals surface area contributed by atoms with Crippen LogP contribution in [0.25, 0.3) is 22.6 Å². The molecule has 0 spiro atoms. The minimum Gasteiger partial charge on any atom is -0.354 e. The number of carbonyl (C=O) groups excluding carboxylic acids is 1. The molecular weight excluding hydrogens is 331 g/mol. The van der Waals surface area contributed by atoms with Crippen molar-refractivity contribution in [1.82, 2.24) is 20.1 Å². The van der Waals surface area contributed by atoms with Gasteiger partial charge in [-0.15, -0.1) is 0 Å². The van der Waals surface area contributed by atoms with E-state index in [2.05, 4.69) is 15.4 Å². The van der Waals surface area contributed by atoms with Crippen LogP contribution in [-0.2, 0) is 11.3 Å². The van der Waals surface area contributed by atoms with Gasteiger partial charge in [-0.2, -0.15) is 5.10 Å².